The van der Waals surface area contributed by atoms with Crippen molar-refractivity contribution >= 4 is 6.29 Å². The van der Waals surface area contributed by atoms with Crippen LogP contribution in [0.4, 0.5) is 8.78 Å². The second-order valence-electron chi connectivity index (χ2n) is 3.74. The molecule has 4 heteroatoms. The van der Waals surface area contributed by atoms with Crippen LogP contribution in [-0.4, -0.2) is 12.9 Å². The Morgan fingerprint density at radius 1 is 1.27 bits per heavy atom. The Morgan fingerprint density at radius 2 is 1.80 bits per heavy atom. The van der Waals surface area contributed by atoms with Crippen molar-refractivity contribution in [2.75, 3.05) is 0 Å². The summed E-state index contributed by atoms with van der Waals surface area (Å²) in [6.07, 6.45) is 0.815. The third-order valence-corrected chi connectivity index (χ3v) is 2.12. The lowest BCUT2D eigenvalue weighted by Gasteiger charge is -2.17. The van der Waals surface area contributed by atoms with E-state index in [1.165, 1.54) is 12.1 Å². The van der Waals surface area contributed by atoms with Crippen molar-refractivity contribution < 1.29 is 18.3 Å². The average Bonchev–Trinajstić information content (AvgIpc) is 2.18. The maximum absolute atomic E-state index is 11.8. The zero-order chi connectivity index (χ0) is 11.5. The molecule has 15 heavy (non-hydrogen) atoms. The van der Waals surface area contributed by atoms with Crippen LogP contribution in [0.15, 0.2) is 24.3 Å². The summed E-state index contributed by atoms with van der Waals surface area (Å²) >= 11 is 0. The van der Waals surface area contributed by atoms with Gasteiger partial charge in [-0.15, -0.1) is 0 Å². The molecule has 0 aliphatic heterocycles. The van der Waals surface area contributed by atoms with E-state index < -0.39 is 12.0 Å². The SMILES string of the molecule is CC(C)(C=O)c1ccc(OC(F)F)cc1. The van der Waals surface area contributed by atoms with Crippen LogP contribution < -0.4 is 4.74 Å². The average molecular weight is 214 g/mol. The Balaban J connectivity index is 2.85. The Kier molecular flexibility index (Phi) is 3.39. The molecule has 0 N–H and O–H groups in total. The predicted molar refractivity (Wildman–Crippen MR) is 52.2 cm³/mol. The third-order valence-electron chi connectivity index (χ3n) is 2.12. The smallest absolute Gasteiger partial charge is 0.387 e. The van der Waals surface area contributed by atoms with E-state index >= 15 is 0 Å². The second-order valence-corrected chi connectivity index (χ2v) is 3.74. The van der Waals surface area contributed by atoms with E-state index in [-0.39, 0.29) is 5.75 Å². The number of ether oxygens (including phenoxy) is 1. The molecule has 0 saturated heterocycles. The van der Waals surface area contributed by atoms with Crippen LogP contribution in [0.3, 0.4) is 0 Å². The van der Waals surface area contributed by atoms with Crippen molar-refractivity contribution in [2.45, 2.75) is 25.9 Å². The van der Waals surface area contributed by atoms with Gasteiger partial charge in [0.1, 0.15) is 12.0 Å². The minimum absolute atomic E-state index is 0.0930. The van der Waals surface area contributed by atoms with Gasteiger partial charge in [-0.05, 0) is 31.5 Å². The fourth-order valence-corrected chi connectivity index (χ4v) is 1.13. The van der Waals surface area contributed by atoms with Crippen molar-refractivity contribution in [3.63, 3.8) is 0 Å². The molecule has 0 fully saturated rings. The first kappa shape index (κ1) is 11.6. The summed E-state index contributed by atoms with van der Waals surface area (Å²) in [5, 5.41) is 0. The van der Waals surface area contributed by atoms with Gasteiger partial charge in [0, 0.05) is 5.41 Å². The first-order valence-electron chi connectivity index (χ1n) is 4.47. The molecule has 2 nitrogen and oxygen atoms in total. The lowest BCUT2D eigenvalue weighted by molar-refractivity contribution is -0.111. The van der Waals surface area contributed by atoms with Crippen LogP contribution in [0.2, 0.25) is 0 Å². The highest BCUT2D eigenvalue weighted by molar-refractivity contribution is 5.67. The number of halogens is 2. The summed E-state index contributed by atoms with van der Waals surface area (Å²) in [6.45, 7) is 0.682. The molecule has 1 rings (SSSR count). The maximum Gasteiger partial charge on any atom is 0.387 e. The fraction of sp³-hybridized carbons (Fsp3) is 0.364. The molecule has 1 aromatic rings. The van der Waals surface area contributed by atoms with E-state index in [1.54, 1.807) is 26.0 Å². The van der Waals surface area contributed by atoms with Gasteiger partial charge in [0.05, 0.1) is 0 Å². The van der Waals surface area contributed by atoms with Crippen LogP contribution >= 0.6 is 0 Å². The van der Waals surface area contributed by atoms with Crippen LogP contribution in [0, 0.1) is 0 Å². The predicted octanol–water partition coefficient (Wildman–Crippen LogP) is 2.76. The molecule has 0 aromatic heterocycles. The third kappa shape index (κ3) is 3.01. The molecule has 0 saturated carbocycles. The Morgan fingerprint density at radius 3 is 2.20 bits per heavy atom. The van der Waals surface area contributed by atoms with Gasteiger partial charge in [-0.2, -0.15) is 8.78 Å². The van der Waals surface area contributed by atoms with Crippen LogP contribution in [0.1, 0.15) is 19.4 Å². The summed E-state index contributed by atoms with van der Waals surface area (Å²) in [5.41, 5.74) is 0.155. The highest BCUT2D eigenvalue weighted by Gasteiger charge is 2.19. The first-order chi connectivity index (χ1) is 6.95. The number of alkyl halides is 2. The molecule has 0 bridgehead atoms. The molecule has 1 aromatic carbocycles. The van der Waals surface area contributed by atoms with Crippen LogP contribution in [-0.2, 0) is 10.2 Å². The zero-order valence-electron chi connectivity index (χ0n) is 8.54. The van der Waals surface area contributed by atoms with Gasteiger partial charge in [0.2, 0.25) is 0 Å². The summed E-state index contributed by atoms with van der Waals surface area (Å²) in [6, 6.07) is 6.05. The van der Waals surface area contributed by atoms with Gasteiger partial charge in [0.15, 0.2) is 0 Å². The second kappa shape index (κ2) is 4.38. The lowest BCUT2D eigenvalue weighted by Crippen LogP contribution is -2.18. The number of aldehydes is 1. The molecule has 0 atom stereocenters. The van der Waals surface area contributed by atoms with Crippen molar-refractivity contribution in [1.29, 1.82) is 0 Å². The number of carbonyl (C=O) groups is 1. The number of carbonyl (C=O) groups excluding carboxylic acids is 1. The van der Waals surface area contributed by atoms with E-state index in [0.29, 0.717) is 0 Å². The number of benzene rings is 1. The normalized spacial score (nSPS) is 11.5. The Labute approximate surface area is 86.9 Å². The number of rotatable bonds is 4. The molecule has 0 aliphatic rings. The minimum Gasteiger partial charge on any atom is -0.435 e. The Bertz CT molecular complexity index is 331. The summed E-state index contributed by atoms with van der Waals surface area (Å²) < 4.78 is 27.9. The van der Waals surface area contributed by atoms with Crippen molar-refractivity contribution in [3.8, 4) is 5.75 Å². The summed E-state index contributed by atoms with van der Waals surface area (Å²) in [4.78, 5) is 10.7. The van der Waals surface area contributed by atoms with E-state index in [9.17, 15) is 13.6 Å². The van der Waals surface area contributed by atoms with E-state index in [0.717, 1.165) is 11.8 Å². The molecule has 0 amide bonds. The highest BCUT2D eigenvalue weighted by atomic mass is 19.3. The zero-order valence-corrected chi connectivity index (χ0v) is 8.54. The van der Waals surface area contributed by atoms with Crippen LogP contribution in [0.5, 0.6) is 5.75 Å². The van der Waals surface area contributed by atoms with Gasteiger partial charge in [-0.25, -0.2) is 0 Å². The molecule has 0 unspecified atom stereocenters. The van der Waals surface area contributed by atoms with Crippen LogP contribution in [0.25, 0.3) is 0 Å². The molecule has 82 valence electrons. The monoisotopic (exact) mass is 214 g/mol. The van der Waals surface area contributed by atoms with E-state index in [2.05, 4.69) is 4.74 Å². The van der Waals surface area contributed by atoms with Gasteiger partial charge >= 0.3 is 6.61 Å². The van der Waals surface area contributed by atoms with Gasteiger partial charge in [-0.3, -0.25) is 0 Å². The lowest BCUT2D eigenvalue weighted by atomic mass is 9.86. The molecule has 0 radical (unpaired) electrons. The van der Waals surface area contributed by atoms with Crippen molar-refractivity contribution in [2.24, 2.45) is 0 Å². The fourth-order valence-electron chi connectivity index (χ4n) is 1.13. The van der Waals surface area contributed by atoms with Gasteiger partial charge < -0.3 is 9.53 Å². The summed E-state index contributed by atoms with van der Waals surface area (Å²) in [7, 11) is 0. The van der Waals surface area contributed by atoms with E-state index in [1.807, 2.05) is 0 Å². The number of hydrogen-bond acceptors (Lipinski definition) is 2. The van der Waals surface area contributed by atoms with E-state index in [4.69, 9.17) is 0 Å². The van der Waals surface area contributed by atoms with Crippen molar-refractivity contribution in [3.05, 3.63) is 29.8 Å². The van der Waals surface area contributed by atoms with Gasteiger partial charge in [0.25, 0.3) is 0 Å². The standard InChI is InChI=1S/C11H12F2O2/c1-11(2,7-14)8-3-5-9(6-4-8)15-10(12)13/h3-7,10H,1-2H3. The largest absolute Gasteiger partial charge is 0.435 e. The minimum atomic E-state index is -2.82. The molecule has 0 aliphatic carbocycles. The molecule has 0 heterocycles. The highest BCUT2D eigenvalue weighted by Crippen LogP contribution is 2.23. The number of hydrogen-bond donors (Lipinski definition) is 0. The van der Waals surface area contributed by atoms with Crippen molar-refractivity contribution in [1.82, 2.24) is 0 Å². The Hall–Kier alpha value is -1.45. The topological polar surface area (TPSA) is 26.3 Å². The molecular formula is C11H12F2O2. The molecule has 0 spiro atoms. The maximum atomic E-state index is 11.8. The quantitative estimate of drug-likeness (QED) is 0.720. The summed E-state index contributed by atoms with van der Waals surface area (Å²) in [5.74, 6) is 0.0930. The first-order valence-corrected chi connectivity index (χ1v) is 4.47. The molecular weight excluding hydrogens is 202 g/mol. The van der Waals surface area contributed by atoms with Gasteiger partial charge in [-0.1, -0.05) is 12.1 Å².